The molecule has 5 nitrogen and oxygen atoms in total. The van der Waals surface area contributed by atoms with Crippen LogP contribution in [0, 0.1) is 5.92 Å². The molecule has 0 aliphatic carbocycles. The number of nitrogens with zero attached hydrogens (tertiary/aromatic N) is 1. The molecular formula is C15H20N2O3. The molecule has 1 heterocycles. The van der Waals surface area contributed by atoms with Crippen molar-refractivity contribution in [2.75, 3.05) is 20.1 Å². The molecule has 1 aromatic rings. The van der Waals surface area contributed by atoms with Crippen molar-refractivity contribution in [3.05, 3.63) is 35.9 Å². The van der Waals surface area contributed by atoms with Gasteiger partial charge in [-0.05, 0) is 5.56 Å². The fourth-order valence-corrected chi connectivity index (χ4v) is 2.36. The third kappa shape index (κ3) is 3.81. The standard InChI is InChI=1S/C15H20N2O3/c1-17-10-12(8-14(17)19)15(20)16-9-13(18)7-11-5-3-2-4-6-11/h2-6,12-13,18H,7-10H2,1H3,(H,16,20). The van der Waals surface area contributed by atoms with Crippen LogP contribution in [0.1, 0.15) is 12.0 Å². The smallest absolute Gasteiger partial charge is 0.225 e. The Bertz CT molecular complexity index is 475. The van der Waals surface area contributed by atoms with E-state index in [0.717, 1.165) is 5.56 Å². The van der Waals surface area contributed by atoms with E-state index in [-0.39, 0.29) is 30.7 Å². The molecule has 2 unspecified atom stereocenters. The number of aliphatic hydroxyl groups excluding tert-OH is 1. The summed E-state index contributed by atoms with van der Waals surface area (Å²) in [6, 6.07) is 9.64. The monoisotopic (exact) mass is 276 g/mol. The Hall–Kier alpha value is -1.88. The molecule has 0 radical (unpaired) electrons. The van der Waals surface area contributed by atoms with Gasteiger partial charge in [0.25, 0.3) is 0 Å². The summed E-state index contributed by atoms with van der Waals surface area (Å²) in [5, 5.41) is 12.6. The second-order valence-electron chi connectivity index (χ2n) is 5.26. The summed E-state index contributed by atoms with van der Waals surface area (Å²) >= 11 is 0. The zero-order chi connectivity index (χ0) is 14.5. The molecule has 1 aromatic carbocycles. The number of amides is 2. The second kappa shape index (κ2) is 6.52. The molecule has 2 N–H and O–H groups in total. The van der Waals surface area contributed by atoms with Gasteiger partial charge < -0.3 is 15.3 Å². The summed E-state index contributed by atoms with van der Waals surface area (Å²) in [5.74, 6) is -0.457. The molecule has 1 fully saturated rings. The van der Waals surface area contributed by atoms with Crippen LogP contribution in [-0.2, 0) is 16.0 Å². The van der Waals surface area contributed by atoms with Gasteiger partial charge in [0.05, 0.1) is 12.0 Å². The fraction of sp³-hybridized carbons (Fsp3) is 0.467. The maximum atomic E-state index is 11.9. The summed E-state index contributed by atoms with van der Waals surface area (Å²) in [7, 11) is 1.69. The Morgan fingerprint density at radius 2 is 2.15 bits per heavy atom. The van der Waals surface area contributed by atoms with Gasteiger partial charge in [0.2, 0.25) is 11.8 Å². The molecule has 108 valence electrons. The third-order valence-electron chi connectivity index (χ3n) is 3.54. The normalized spacial score (nSPS) is 20.0. The Kier molecular flexibility index (Phi) is 4.74. The molecule has 5 heteroatoms. The topological polar surface area (TPSA) is 69.6 Å². The summed E-state index contributed by atoms with van der Waals surface area (Å²) in [6.07, 6.45) is 0.151. The van der Waals surface area contributed by atoms with Crippen LogP contribution in [0.5, 0.6) is 0 Å². The van der Waals surface area contributed by atoms with Gasteiger partial charge in [-0.25, -0.2) is 0 Å². The van der Waals surface area contributed by atoms with Gasteiger partial charge in [0.15, 0.2) is 0 Å². The third-order valence-corrected chi connectivity index (χ3v) is 3.54. The summed E-state index contributed by atoms with van der Waals surface area (Å²) < 4.78 is 0. The Balaban J connectivity index is 1.75. The average Bonchev–Trinajstić information content (AvgIpc) is 2.77. The molecule has 0 aromatic heterocycles. The number of nitrogens with one attached hydrogen (secondary N) is 1. The van der Waals surface area contributed by atoms with Crippen molar-refractivity contribution in [2.24, 2.45) is 5.92 Å². The summed E-state index contributed by atoms with van der Waals surface area (Å²) in [4.78, 5) is 24.8. The Morgan fingerprint density at radius 3 is 2.75 bits per heavy atom. The molecule has 2 atom stereocenters. The van der Waals surface area contributed by atoms with Crippen LogP contribution in [0.3, 0.4) is 0 Å². The van der Waals surface area contributed by atoms with Crippen molar-refractivity contribution in [3.63, 3.8) is 0 Å². The quantitative estimate of drug-likeness (QED) is 0.806. The minimum Gasteiger partial charge on any atom is -0.391 e. The molecule has 2 amide bonds. The first-order valence-electron chi connectivity index (χ1n) is 6.80. The lowest BCUT2D eigenvalue weighted by Gasteiger charge is -2.14. The van der Waals surface area contributed by atoms with Crippen LogP contribution >= 0.6 is 0 Å². The van der Waals surface area contributed by atoms with Crippen LogP contribution < -0.4 is 5.32 Å². The predicted molar refractivity (Wildman–Crippen MR) is 74.9 cm³/mol. The van der Waals surface area contributed by atoms with E-state index in [1.54, 1.807) is 11.9 Å². The minimum atomic E-state index is -0.615. The highest BCUT2D eigenvalue weighted by atomic mass is 16.3. The number of hydrogen-bond donors (Lipinski definition) is 2. The largest absolute Gasteiger partial charge is 0.391 e. The molecule has 1 saturated heterocycles. The predicted octanol–water partition coefficient (Wildman–Crippen LogP) is 0.185. The van der Waals surface area contributed by atoms with Crippen molar-refractivity contribution >= 4 is 11.8 Å². The highest BCUT2D eigenvalue weighted by Gasteiger charge is 2.32. The van der Waals surface area contributed by atoms with E-state index in [1.807, 2.05) is 30.3 Å². The molecule has 0 bridgehead atoms. The van der Waals surface area contributed by atoms with Gasteiger partial charge in [-0.2, -0.15) is 0 Å². The van der Waals surface area contributed by atoms with Crippen molar-refractivity contribution < 1.29 is 14.7 Å². The number of likely N-dealkylation sites (tertiary alicyclic amines) is 1. The van der Waals surface area contributed by atoms with E-state index < -0.39 is 6.10 Å². The summed E-state index contributed by atoms with van der Waals surface area (Å²) in [5.41, 5.74) is 1.03. The number of hydrogen-bond acceptors (Lipinski definition) is 3. The van der Waals surface area contributed by atoms with Gasteiger partial charge in [0, 0.05) is 33.0 Å². The lowest BCUT2D eigenvalue weighted by atomic mass is 10.1. The molecule has 2 rings (SSSR count). The van der Waals surface area contributed by atoms with E-state index in [1.165, 1.54) is 0 Å². The van der Waals surface area contributed by atoms with Gasteiger partial charge in [0.1, 0.15) is 0 Å². The van der Waals surface area contributed by atoms with Crippen molar-refractivity contribution in [3.8, 4) is 0 Å². The van der Waals surface area contributed by atoms with Crippen LogP contribution in [0.4, 0.5) is 0 Å². The average molecular weight is 276 g/mol. The van der Waals surface area contributed by atoms with E-state index >= 15 is 0 Å². The molecule has 20 heavy (non-hydrogen) atoms. The lowest BCUT2D eigenvalue weighted by Crippen LogP contribution is -2.37. The minimum absolute atomic E-state index is 0.00464. The second-order valence-corrected chi connectivity index (χ2v) is 5.26. The van der Waals surface area contributed by atoms with Crippen molar-refractivity contribution in [1.29, 1.82) is 0 Å². The van der Waals surface area contributed by atoms with E-state index in [4.69, 9.17) is 0 Å². The number of benzene rings is 1. The molecule has 0 spiro atoms. The van der Waals surface area contributed by atoms with Crippen LogP contribution in [0.15, 0.2) is 30.3 Å². The molecule has 1 aliphatic heterocycles. The van der Waals surface area contributed by atoms with Gasteiger partial charge in [-0.1, -0.05) is 30.3 Å². The van der Waals surface area contributed by atoms with Crippen LogP contribution in [-0.4, -0.2) is 48.1 Å². The lowest BCUT2D eigenvalue weighted by molar-refractivity contribution is -0.128. The van der Waals surface area contributed by atoms with Crippen molar-refractivity contribution in [2.45, 2.75) is 18.9 Å². The summed E-state index contributed by atoms with van der Waals surface area (Å²) in [6.45, 7) is 0.668. The first kappa shape index (κ1) is 14.5. The van der Waals surface area contributed by atoms with Crippen LogP contribution in [0.2, 0.25) is 0 Å². The van der Waals surface area contributed by atoms with Gasteiger partial charge in [-0.15, -0.1) is 0 Å². The molecule has 1 aliphatic rings. The molecular weight excluding hydrogens is 256 g/mol. The zero-order valence-corrected chi connectivity index (χ0v) is 11.6. The number of rotatable bonds is 5. The highest BCUT2D eigenvalue weighted by molar-refractivity contribution is 5.89. The maximum Gasteiger partial charge on any atom is 0.225 e. The first-order valence-corrected chi connectivity index (χ1v) is 6.80. The van der Waals surface area contributed by atoms with Gasteiger partial charge >= 0.3 is 0 Å². The van der Waals surface area contributed by atoms with Gasteiger partial charge in [-0.3, -0.25) is 9.59 Å². The SMILES string of the molecule is CN1CC(C(=O)NCC(O)Cc2ccccc2)CC1=O. The number of aliphatic hydroxyl groups is 1. The Morgan fingerprint density at radius 1 is 1.45 bits per heavy atom. The van der Waals surface area contributed by atoms with E-state index in [2.05, 4.69) is 5.32 Å². The first-order chi connectivity index (χ1) is 9.56. The fourth-order valence-electron chi connectivity index (χ4n) is 2.36. The van der Waals surface area contributed by atoms with E-state index in [0.29, 0.717) is 13.0 Å². The Labute approximate surface area is 118 Å². The number of carbonyl (C=O) groups is 2. The highest BCUT2D eigenvalue weighted by Crippen LogP contribution is 2.15. The zero-order valence-electron chi connectivity index (χ0n) is 11.6. The van der Waals surface area contributed by atoms with Crippen LogP contribution in [0.25, 0.3) is 0 Å². The van der Waals surface area contributed by atoms with Crippen molar-refractivity contribution in [1.82, 2.24) is 10.2 Å². The molecule has 0 saturated carbocycles. The maximum absolute atomic E-state index is 11.9. The van der Waals surface area contributed by atoms with E-state index in [9.17, 15) is 14.7 Å². The number of carbonyl (C=O) groups excluding carboxylic acids is 2.